The molecule has 2 aliphatic rings. The molecular formula is C40H58. The van der Waals surface area contributed by atoms with Crippen molar-refractivity contribution in [3.8, 4) is 0 Å². The van der Waals surface area contributed by atoms with Crippen molar-refractivity contribution < 1.29 is 0 Å². The van der Waals surface area contributed by atoms with Crippen molar-refractivity contribution >= 4 is 0 Å². The second kappa shape index (κ2) is 16.0. The Hall–Kier alpha value is -2.60. The summed E-state index contributed by atoms with van der Waals surface area (Å²) in [6, 6.07) is 0. The lowest BCUT2D eigenvalue weighted by Gasteiger charge is -2.34. The molecule has 40 heavy (non-hydrogen) atoms. The van der Waals surface area contributed by atoms with E-state index in [0.717, 1.165) is 6.42 Å². The highest BCUT2D eigenvalue weighted by Gasteiger charge is 2.28. The summed E-state index contributed by atoms with van der Waals surface area (Å²) in [6.45, 7) is 23.0. The monoisotopic (exact) mass is 538 g/mol. The summed E-state index contributed by atoms with van der Waals surface area (Å²) < 4.78 is 0. The maximum absolute atomic E-state index is 2.42. The van der Waals surface area contributed by atoms with E-state index in [1.807, 2.05) is 0 Å². The highest BCUT2D eigenvalue weighted by Crippen LogP contribution is 2.43. The summed E-state index contributed by atoms with van der Waals surface area (Å²) >= 11 is 0. The van der Waals surface area contributed by atoms with E-state index in [0.29, 0.717) is 10.8 Å². The van der Waals surface area contributed by atoms with E-state index < -0.39 is 0 Å². The fraction of sp³-hybridized carbons (Fsp3) is 0.500. The Morgan fingerprint density at radius 2 is 1.12 bits per heavy atom. The van der Waals surface area contributed by atoms with Crippen LogP contribution in [0.3, 0.4) is 0 Å². The highest BCUT2D eigenvalue weighted by molar-refractivity contribution is 5.37. The predicted molar refractivity (Wildman–Crippen MR) is 181 cm³/mol. The number of allylic oxidation sites excluding steroid dienone is 20. The third-order valence-corrected chi connectivity index (χ3v) is 8.80. The number of hydrogen-bond donors (Lipinski definition) is 0. The molecule has 0 aliphatic heterocycles. The van der Waals surface area contributed by atoms with Crippen molar-refractivity contribution in [2.24, 2.45) is 10.8 Å². The van der Waals surface area contributed by atoms with Gasteiger partial charge in [0.1, 0.15) is 0 Å². The molecule has 0 N–H and O–H groups in total. The fourth-order valence-corrected chi connectivity index (χ4v) is 6.15. The van der Waals surface area contributed by atoms with Crippen LogP contribution in [0.2, 0.25) is 0 Å². The van der Waals surface area contributed by atoms with Gasteiger partial charge in [-0.05, 0) is 109 Å². The van der Waals surface area contributed by atoms with Crippen molar-refractivity contribution in [1.82, 2.24) is 0 Å². The number of rotatable bonds is 11. The molecule has 0 nitrogen and oxygen atoms in total. The van der Waals surface area contributed by atoms with Crippen LogP contribution in [0, 0.1) is 10.8 Å². The van der Waals surface area contributed by atoms with Crippen LogP contribution in [0.5, 0.6) is 0 Å². The maximum atomic E-state index is 2.42. The fourth-order valence-electron chi connectivity index (χ4n) is 6.15. The Morgan fingerprint density at radius 3 is 1.70 bits per heavy atom. The van der Waals surface area contributed by atoms with Crippen LogP contribution in [0.1, 0.15) is 121 Å². The van der Waals surface area contributed by atoms with E-state index in [-0.39, 0.29) is 0 Å². The minimum absolute atomic E-state index is 0.294. The molecule has 0 saturated heterocycles. The standard InChI is InChI=1S/C40H58/c1-31(19-13-21-33(3)25-27-37-35(5)23-15-29-39(37,7)8)17-11-12-18-32(2)20-14-22-34(4)26-28-38-36(6)24-16-30-40(38,9)10/h11-14,17-22,25,27H,15-16,23-24,26,28-30H2,1-10H3/b12-11+,19-13+,20-14+,27-25+,31-17+,32-18+,33-21-,34-22+. The zero-order valence-electron chi connectivity index (χ0n) is 27.6. The summed E-state index contributed by atoms with van der Waals surface area (Å²) in [7, 11) is 0. The Kier molecular flexibility index (Phi) is 13.4. The van der Waals surface area contributed by atoms with Crippen LogP contribution in [0.4, 0.5) is 0 Å². The molecule has 0 spiro atoms. The zero-order valence-corrected chi connectivity index (χ0v) is 27.6. The van der Waals surface area contributed by atoms with Crippen LogP contribution < -0.4 is 0 Å². The average Bonchev–Trinajstić information content (AvgIpc) is 2.85. The average molecular weight is 539 g/mol. The van der Waals surface area contributed by atoms with Gasteiger partial charge in [-0.15, -0.1) is 0 Å². The van der Waals surface area contributed by atoms with E-state index in [4.69, 9.17) is 0 Å². The van der Waals surface area contributed by atoms with Gasteiger partial charge in [-0.25, -0.2) is 0 Å². The van der Waals surface area contributed by atoms with Gasteiger partial charge < -0.3 is 0 Å². The molecule has 2 aliphatic carbocycles. The molecular weight excluding hydrogens is 480 g/mol. The Balaban J connectivity index is 1.84. The molecule has 0 atom stereocenters. The lowest BCUT2D eigenvalue weighted by Crippen LogP contribution is -2.20. The molecule has 0 saturated carbocycles. The molecule has 0 heteroatoms. The van der Waals surface area contributed by atoms with Crippen molar-refractivity contribution in [3.63, 3.8) is 0 Å². The van der Waals surface area contributed by atoms with Crippen molar-refractivity contribution in [2.45, 2.75) is 121 Å². The predicted octanol–water partition coefficient (Wildman–Crippen LogP) is 12.8. The minimum atomic E-state index is 0.294. The Bertz CT molecular complexity index is 1170. The SMILES string of the molecule is CC1=C(/C=C/C(C)=C\C=C\C(C)=C\C=C\C=C(C)\C=C\C=C(/C)CCC2=C(C)CCCC2(C)C)C(C)(C)CCC1. The molecule has 2 rings (SSSR count). The van der Waals surface area contributed by atoms with Gasteiger partial charge >= 0.3 is 0 Å². The molecule has 218 valence electrons. The topological polar surface area (TPSA) is 0 Å². The molecule has 0 aromatic carbocycles. The van der Waals surface area contributed by atoms with E-state index in [2.05, 4.69) is 142 Å². The van der Waals surface area contributed by atoms with Gasteiger partial charge in [0.25, 0.3) is 0 Å². The first-order chi connectivity index (χ1) is 18.8. The van der Waals surface area contributed by atoms with Crippen molar-refractivity contribution in [3.05, 3.63) is 117 Å². The van der Waals surface area contributed by atoms with Gasteiger partial charge in [0.2, 0.25) is 0 Å². The van der Waals surface area contributed by atoms with E-state index in [1.165, 1.54) is 72.8 Å². The Labute approximate surface area is 248 Å². The molecule has 0 bridgehead atoms. The summed E-state index contributed by atoms with van der Waals surface area (Å²) in [4.78, 5) is 0. The van der Waals surface area contributed by atoms with E-state index in [9.17, 15) is 0 Å². The quantitative estimate of drug-likeness (QED) is 0.181. The molecule has 0 unspecified atom stereocenters. The van der Waals surface area contributed by atoms with Crippen molar-refractivity contribution in [1.29, 1.82) is 0 Å². The largest absolute Gasteiger partial charge is 0.0736 e. The van der Waals surface area contributed by atoms with Crippen LogP contribution in [-0.2, 0) is 0 Å². The summed E-state index contributed by atoms with van der Waals surface area (Å²) in [5, 5.41) is 0. The third-order valence-electron chi connectivity index (χ3n) is 8.80. The molecule has 0 aromatic rings. The summed E-state index contributed by atoms with van der Waals surface area (Å²) in [6.07, 6.45) is 36.5. The van der Waals surface area contributed by atoms with Crippen LogP contribution >= 0.6 is 0 Å². The Morgan fingerprint density at radius 1 is 0.625 bits per heavy atom. The first kappa shape index (κ1) is 33.6. The summed E-state index contributed by atoms with van der Waals surface area (Å²) in [5.41, 5.74) is 12.3. The second-order valence-corrected chi connectivity index (χ2v) is 13.6. The first-order valence-electron chi connectivity index (χ1n) is 15.6. The zero-order chi connectivity index (χ0) is 29.8. The van der Waals surface area contributed by atoms with E-state index in [1.54, 1.807) is 16.7 Å². The van der Waals surface area contributed by atoms with E-state index >= 15 is 0 Å². The third kappa shape index (κ3) is 11.5. The lowest BCUT2D eigenvalue weighted by molar-refractivity contribution is 0.354. The van der Waals surface area contributed by atoms with Gasteiger partial charge in [0.15, 0.2) is 0 Å². The summed E-state index contributed by atoms with van der Waals surface area (Å²) in [5.74, 6) is 0. The second-order valence-electron chi connectivity index (χ2n) is 13.6. The van der Waals surface area contributed by atoms with Crippen LogP contribution in [0.15, 0.2) is 117 Å². The molecule has 0 aromatic heterocycles. The van der Waals surface area contributed by atoms with Gasteiger partial charge in [0.05, 0.1) is 0 Å². The molecule has 0 radical (unpaired) electrons. The smallest absolute Gasteiger partial charge is 0.0104 e. The highest BCUT2D eigenvalue weighted by atomic mass is 14.3. The normalized spacial score (nSPS) is 21.8. The van der Waals surface area contributed by atoms with Gasteiger partial charge in [0, 0.05) is 0 Å². The van der Waals surface area contributed by atoms with Gasteiger partial charge in [-0.2, -0.15) is 0 Å². The maximum Gasteiger partial charge on any atom is -0.0104 e. The first-order valence-corrected chi connectivity index (χ1v) is 15.6. The minimum Gasteiger partial charge on any atom is -0.0736 e. The van der Waals surface area contributed by atoms with Crippen molar-refractivity contribution in [2.75, 3.05) is 0 Å². The van der Waals surface area contributed by atoms with Crippen LogP contribution in [0.25, 0.3) is 0 Å². The molecule has 0 amide bonds. The van der Waals surface area contributed by atoms with Gasteiger partial charge in [-0.1, -0.05) is 140 Å². The van der Waals surface area contributed by atoms with Crippen LogP contribution in [-0.4, -0.2) is 0 Å². The molecule has 0 heterocycles. The lowest BCUT2D eigenvalue weighted by atomic mass is 9.71. The van der Waals surface area contributed by atoms with Gasteiger partial charge in [-0.3, -0.25) is 0 Å². The number of hydrogen-bond acceptors (Lipinski definition) is 0. The molecule has 0 fully saturated rings.